The van der Waals surface area contributed by atoms with Gasteiger partial charge in [0.05, 0.1) is 18.3 Å². The van der Waals surface area contributed by atoms with Crippen LogP contribution < -0.4 is 15.0 Å². The van der Waals surface area contributed by atoms with Gasteiger partial charge in [0.1, 0.15) is 11.4 Å². The summed E-state index contributed by atoms with van der Waals surface area (Å²) in [5, 5.41) is 3.63. The second-order valence-electron chi connectivity index (χ2n) is 6.11. The fourth-order valence-corrected chi connectivity index (χ4v) is 3.92. The Morgan fingerprint density at radius 2 is 2.00 bits per heavy atom. The first-order chi connectivity index (χ1) is 9.18. The maximum Gasteiger partial charge on any atom is 0.144 e. The van der Waals surface area contributed by atoms with Crippen LogP contribution in [0.3, 0.4) is 0 Å². The van der Waals surface area contributed by atoms with Crippen molar-refractivity contribution in [2.45, 2.75) is 51.1 Å². The number of hydrogen-bond acceptors (Lipinski definition) is 3. The lowest BCUT2D eigenvalue weighted by Crippen LogP contribution is -2.57. The van der Waals surface area contributed by atoms with E-state index in [9.17, 15) is 0 Å². The Balaban J connectivity index is 2.13. The van der Waals surface area contributed by atoms with Gasteiger partial charge in [0.15, 0.2) is 0 Å². The lowest BCUT2D eigenvalue weighted by molar-refractivity contribution is 0.364. The predicted molar refractivity (Wildman–Crippen MR) is 80.3 cm³/mol. The van der Waals surface area contributed by atoms with Gasteiger partial charge in [-0.15, -0.1) is 0 Å². The summed E-state index contributed by atoms with van der Waals surface area (Å²) in [5.74, 6) is 0.990. The van der Waals surface area contributed by atoms with Crippen LogP contribution in [0.4, 0.5) is 11.4 Å². The quantitative estimate of drug-likeness (QED) is 0.878. The lowest BCUT2D eigenvalue weighted by Gasteiger charge is -2.50. The van der Waals surface area contributed by atoms with E-state index in [2.05, 4.69) is 42.3 Å². The maximum atomic E-state index is 5.61. The second kappa shape index (κ2) is 4.62. The zero-order chi connectivity index (χ0) is 13.5. The molecule has 2 aliphatic rings. The molecular formula is C16H24N2O. The number of para-hydroxylation sites is 1. The average molecular weight is 260 g/mol. The van der Waals surface area contributed by atoms with Crippen LogP contribution in [0.1, 0.15) is 39.5 Å². The Morgan fingerprint density at radius 1 is 1.26 bits per heavy atom. The van der Waals surface area contributed by atoms with Crippen LogP contribution in [0.5, 0.6) is 5.75 Å². The summed E-state index contributed by atoms with van der Waals surface area (Å²) in [4.78, 5) is 2.62. The minimum absolute atomic E-state index is 0.288. The molecule has 1 aromatic carbocycles. The molecule has 0 unspecified atom stereocenters. The highest BCUT2D eigenvalue weighted by molar-refractivity contribution is 5.80. The fourth-order valence-electron chi connectivity index (χ4n) is 3.92. The van der Waals surface area contributed by atoms with Crippen molar-refractivity contribution in [2.24, 2.45) is 0 Å². The van der Waals surface area contributed by atoms with Gasteiger partial charge in [0, 0.05) is 12.6 Å². The van der Waals surface area contributed by atoms with E-state index in [1.165, 1.54) is 37.1 Å². The molecule has 1 heterocycles. The largest absolute Gasteiger partial charge is 0.495 e. The summed E-state index contributed by atoms with van der Waals surface area (Å²) >= 11 is 0. The van der Waals surface area contributed by atoms with Gasteiger partial charge in [-0.3, -0.25) is 0 Å². The normalized spacial score (nSPS) is 20.5. The van der Waals surface area contributed by atoms with Crippen molar-refractivity contribution in [1.82, 2.24) is 0 Å². The topological polar surface area (TPSA) is 24.5 Å². The van der Waals surface area contributed by atoms with Gasteiger partial charge < -0.3 is 15.0 Å². The molecule has 1 N–H and O–H groups in total. The van der Waals surface area contributed by atoms with E-state index in [0.29, 0.717) is 6.04 Å². The van der Waals surface area contributed by atoms with E-state index in [1.54, 1.807) is 7.11 Å². The summed E-state index contributed by atoms with van der Waals surface area (Å²) in [6.07, 6.45) is 5.26. The number of anilines is 2. The minimum atomic E-state index is 0.288. The number of nitrogens with one attached hydrogen (secondary N) is 1. The molecule has 1 spiro atoms. The van der Waals surface area contributed by atoms with E-state index in [0.717, 1.165) is 12.3 Å². The molecule has 1 fully saturated rings. The molecule has 3 nitrogen and oxygen atoms in total. The lowest BCUT2D eigenvalue weighted by atomic mass is 9.89. The first-order valence-corrected chi connectivity index (χ1v) is 7.38. The van der Waals surface area contributed by atoms with Crippen molar-refractivity contribution in [3.8, 4) is 5.75 Å². The van der Waals surface area contributed by atoms with Gasteiger partial charge in [-0.05, 0) is 38.8 Å². The van der Waals surface area contributed by atoms with E-state index < -0.39 is 0 Å². The number of ether oxygens (including phenoxy) is 1. The molecule has 0 saturated heterocycles. The molecule has 0 aromatic heterocycles. The van der Waals surface area contributed by atoms with Crippen LogP contribution in [-0.4, -0.2) is 25.2 Å². The van der Waals surface area contributed by atoms with Gasteiger partial charge >= 0.3 is 0 Å². The molecule has 1 aliphatic carbocycles. The molecular weight excluding hydrogens is 236 g/mol. The van der Waals surface area contributed by atoms with Gasteiger partial charge in [0.25, 0.3) is 0 Å². The standard InChI is InChI=1S/C16H24N2O/c1-12(2)18-15-13(7-6-8-14(15)19-3)17-11-16(18)9-4-5-10-16/h6-8,12,17H,4-5,9-11H2,1-3H3. The second-order valence-corrected chi connectivity index (χ2v) is 6.11. The predicted octanol–water partition coefficient (Wildman–Crippen LogP) is 3.65. The van der Waals surface area contributed by atoms with Crippen LogP contribution in [0.25, 0.3) is 0 Å². The highest BCUT2D eigenvalue weighted by Gasteiger charge is 2.45. The highest BCUT2D eigenvalue weighted by Crippen LogP contribution is 2.49. The van der Waals surface area contributed by atoms with Crippen molar-refractivity contribution >= 4 is 11.4 Å². The molecule has 3 heteroatoms. The zero-order valence-corrected chi connectivity index (χ0v) is 12.2. The molecule has 1 saturated carbocycles. The third kappa shape index (κ3) is 1.87. The van der Waals surface area contributed by atoms with Crippen LogP contribution in [0, 0.1) is 0 Å². The first-order valence-electron chi connectivity index (χ1n) is 7.38. The fraction of sp³-hybridized carbons (Fsp3) is 0.625. The van der Waals surface area contributed by atoms with E-state index in [1.807, 2.05) is 0 Å². The Labute approximate surface area is 115 Å². The molecule has 0 atom stereocenters. The van der Waals surface area contributed by atoms with Gasteiger partial charge in [-0.2, -0.15) is 0 Å². The Hall–Kier alpha value is -1.38. The van der Waals surface area contributed by atoms with Gasteiger partial charge in [0.2, 0.25) is 0 Å². The van der Waals surface area contributed by atoms with Crippen LogP contribution in [0.15, 0.2) is 18.2 Å². The van der Waals surface area contributed by atoms with Gasteiger partial charge in [-0.1, -0.05) is 18.9 Å². The smallest absolute Gasteiger partial charge is 0.144 e. The molecule has 0 radical (unpaired) electrons. The van der Waals surface area contributed by atoms with Crippen LogP contribution >= 0.6 is 0 Å². The number of benzene rings is 1. The van der Waals surface area contributed by atoms with Gasteiger partial charge in [-0.25, -0.2) is 0 Å². The summed E-state index contributed by atoms with van der Waals surface area (Å²) in [6.45, 7) is 5.65. The number of nitrogens with zero attached hydrogens (tertiary/aromatic N) is 1. The Bertz CT molecular complexity index is 450. The third-order valence-electron chi connectivity index (χ3n) is 4.63. The number of rotatable bonds is 2. The molecule has 19 heavy (non-hydrogen) atoms. The average Bonchev–Trinajstić information content (AvgIpc) is 2.86. The van der Waals surface area contributed by atoms with Crippen LogP contribution in [-0.2, 0) is 0 Å². The monoisotopic (exact) mass is 260 g/mol. The van der Waals surface area contributed by atoms with Crippen molar-refractivity contribution in [3.05, 3.63) is 18.2 Å². The first kappa shape index (κ1) is 12.6. The number of hydrogen-bond donors (Lipinski definition) is 1. The number of fused-ring (bicyclic) bond motifs is 1. The minimum Gasteiger partial charge on any atom is -0.495 e. The summed E-state index contributed by atoms with van der Waals surface area (Å²) in [5.41, 5.74) is 2.76. The van der Waals surface area contributed by atoms with Crippen molar-refractivity contribution in [1.29, 1.82) is 0 Å². The van der Waals surface area contributed by atoms with E-state index in [4.69, 9.17) is 4.74 Å². The maximum absolute atomic E-state index is 5.61. The summed E-state index contributed by atoms with van der Waals surface area (Å²) in [7, 11) is 1.77. The highest BCUT2D eigenvalue weighted by atomic mass is 16.5. The molecule has 104 valence electrons. The van der Waals surface area contributed by atoms with Crippen molar-refractivity contribution in [2.75, 3.05) is 23.9 Å². The summed E-state index contributed by atoms with van der Waals surface area (Å²) < 4.78 is 5.61. The Kier molecular flexibility index (Phi) is 3.08. The third-order valence-corrected chi connectivity index (χ3v) is 4.63. The Morgan fingerprint density at radius 3 is 2.63 bits per heavy atom. The molecule has 1 aromatic rings. The van der Waals surface area contributed by atoms with Crippen LogP contribution in [0.2, 0.25) is 0 Å². The SMILES string of the molecule is COc1cccc2c1N(C(C)C)C1(CCCC1)CN2. The summed E-state index contributed by atoms with van der Waals surface area (Å²) in [6, 6.07) is 6.80. The number of methoxy groups -OCH3 is 1. The van der Waals surface area contributed by atoms with Crippen molar-refractivity contribution in [3.63, 3.8) is 0 Å². The molecule has 1 aliphatic heterocycles. The molecule has 0 amide bonds. The zero-order valence-electron chi connectivity index (χ0n) is 12.2. The van der Waals surface area contributed by atoms with Crippen molar-refractivity contribution < 1.29 is 4.74 Å². The molecule has 0 bridgehead atoms. The van der Waals surface area contributed by atoms with E-state index in [-0.39, 0.29) is 5.54 Å². The van der Waals surface area contributed by atoms with E-state index >= 15 is 0 Å². The molecule has 3 rings (SSSR count).